The van der Waals surface area contributed by atoms with E-state index in [1.54, 1.807) is 30.3 Å². The van der Waals surface area contributed by atoms with Crippen molar-refractivity contribution in [2.45, 2.75) is 25.5 Å². The van der Waals surface area contributed by atoms with Gasteiger partial charge in [-0.25, -0.2) is 4.79 Å². The molecule has 1 aliphatic rings. The van der Waals surface area contributed by atoms with Crippen molar-refractivity contribution >= 4 is 11.9 Å². The first-order chi connectivity index (χ1) is 9.09. The maximum absolute atomic E-state index is 12.1. The van der Waals surface area contributed by atoms with Gasteiger partial charge in [-0.2, -0.15) is 0 Å². The first-order valence-electron chi connectivity index (χ1n) is 6.29. The van der Waals surface area contributed by atoms with E-state index in [1.807, 2.05) is 6.92 Å². The quantitative estimate of drug-likeness (QED) is 0.860. The van der Waals surface area contributed by atoms with Crippen molar-refractivity contribution in [2.24, 2.45) is 5.92 Å². The predicted molar refractivity (Wildman–Crippen MR) is 68.5 cm³/mol. The van der Waals surface area contributed by atoms with Gasteiger partial charge in [0.05, 0.1) is 12.0 Å². The molecule has 0 radical (unpaired) electrons. The Kier molecular flexibility index (Phi) is 4.16. The van der Waals surface area contributed by atoms with Gasteiger partial charge < -0.3 is 15.2 Å². The van der Waals surface area contributed by atoms with Gasteiger partial charge in [0.15, 0.2) is 6.04 Å². The summed E-state index contributed by atoms with van der Waals surface area (Å²) in [6.07, 6.45) is 0.471. The second-order valence-electron chi connectivity index (χ2n) is 4.66. The average Bonchev–Trinajstić information content (AvgIpc) is 2.82. The number of carbonyl (C=O) groups excluding carboxylic acids is 1. The van der Waals surface area contributed by atoms with Crippen molar-refractivity contribution < 1.29 is 19.4 Å². The van der Waals surface area contributed by atoms with Crippen LogP contribution in [0.5, 0.6) is 0 Å². The number of benzene rings is 1. The molecule has 1 amide bonds. The van der Waals surface area contributed by atoms with Gasteiger partial charge >= 0.3 is 5.97 Å². The summed E-state index contributed by atoms with van der Waals surface area (Å²) in [4.78, 5) is 23.4. The van der Waals surface area contributed by atoms with Crippen LogP contribution in [0.3, 0.4) is 0 Å². The SMILES string of the molecule is CC1OCCC1C(=O)N[C@H](C(=O)O)c1ccccc1. The molecule has 102 valence electrons. The summed E-state index contributed by atoms with van der Waals surface area (Å²) in [6, 6.07) is 7.66. The van der Waals surface area contributed by atoms with Crippen LogP contribution in [0.2, 0.25) is 0 Å². The Bertz CT molecular complexity index is 460. The van der Waals surface area contributed by atoms with E-state index in [-0.39, 0.29) is 17.9 Å². The van der Waals surface area contributed by atoms with Crippen LogP contribution < -0.4 is 5.32 Å². The van der Waals surface area contributed by atoms with E-state index in [2.05, 4.69) is 5.32 Å². The molecule has 1 aliphatic heterocycles. The molecule has 1 aromatic carbocycles. The molecule has 1 heterocycles. The topological polar surface area (TPSA) is 75.6 Å². The van der Waals surface area contributed by atoms with Crippen molar-refractivity contribution in [1.82, 2.24) is 5.32 Å². The minimum atomic E-state index is -1.06. The van der Waals surface area contributed by atoms with Crippen LogP contribution in [-0.2, 0) is 14.3 Å². The summed E-state index contributed by atoms with van der Waals surface area (Å²) in [7, 11) is 0. The summed E-state index contributed by atoms with van der Waals surface area (Å²) >= 11 is 0. The van der Waals surface area contributed by atoms with Crippen molar-refractivity contribution in [3.8, 4) is 0 Å². The van der Waals surface area contributed by atoms with Gasteiger partial charge in [0.2, 0.25) is 5.91 Å². The van der Waals surface area contributed by atoms with Gasteiger partial charge in [-0.1, -0.05) is 30.3 Å². The highest BCUT2D eigenvalue weighted by atomic mass is 16.5. The van der Waals surface area contributed by atoms with E-state index in [0.717, 1.165) is 0 Å². The molecule has 3 atom stereocenters. The van der Waals surface area contributed by atoms with Crippen molar-refractivity contribution in [2.75, 3.05) is 6.61 Å². The fourth-order valence-electron chi connectivity index (χ4n) is 2.26. The highest BCUT2D eigenvalue weighted by Gasteiger charge is 2.33. The fraction of sp³-hybridized carbons (Fsp3) is 0.429. The maximum atomic E-state index is 12.1. The maximum Gasteiger partial charge on any atom is 0.330 e. The number of hydrogen-bond donors (Lipinski definition) is 2. The lowest BCUT2D eigenvalue weighted by Crippen LogP contribution is -2.39. The standard InChI is InChI=1S/C14H17NO4/c1-9-11(7-8-19-9)13(16)15-12(14(17)18)10-5-3-2-4-6-10/h2-6,9,11-12H,7-8H2,1H3,(H,15,16)(H,17,18)/t9?,11?,12-/m0/s1. The fourth-order valence-corrected chi connectivity index (χ4v) is 2.26. The molecule has 0 bridgehead atoms. The average molecular weight is 263 g/mol. The molecule has 0 saturated carbocycles. The normalized spacial score (nSPS) is 23.8. The number of aliphatic carboxylic acids is 1. The van der Waals surface area contributed by atoms with E-state index in [4.69, 9.17) is 4.74 Å². The first-order valence-corrected chi connectivity index (χ1v) is 6.29. The molecule has 1 fully saturated rings. The van der Waals surface area contributed by atoms with Crippen molar-refractivity contribution in [3.63, 3.8) is 0 Å². The van der Waals surface area contributed by atoms with E-state index in [0.29, 0.717) is 18.6 Å². The summed E-state index contributed by atoms with van der Waals surface area (Å²) in [6.45, 7) is 2.37. The second kappa shape index (κ2) is 5.84. The Morgan fingerprint density at radius 1 is 1.37 bits per heavy atom. The highest BCUT2D eigenvalue weighted by molar-refractivity contribution is 5.86. The zero-order valence-electron chi connectivity index (χ0n) is 10.7. The number of nitrogens with one attached hydrogen (secondary N) is 1. The Morgan fingerprint density at radius 3 is 2.58 bits per heavy atom. The van der Waals surface area contributed by atoms with Crippen LogP contribution in [0.4, 0.5) is 0 Å². The van der Waals surface area contributed by atoms with E-state index in [1.165, 1.54) is 0 Å². The zero-order chi connectivity index (χ0) is 13.8. The largest absolute Gasteiger partial charge is 0.479 e. The lowest BCUT2D eigenvalue weighted by molar-refractivity contribution is -0.143. The second-order valence-corrected chi connectivity index (χ2v) is 4.66. The number of ether oxygens (including phenoxy) is 1. The molecule has 0 spiro atoms. The molecular weight excluding hydrogens is 246 g/mol. The number of carbonyl (C=O) groups is 2. The Balaban J connectivity index is 2.09. The number of carboxylic acids is 1. The Labute approximate surface area is 111 Å². The minimum absolute atomic E-state index is 0.162. The third kappa shape index (κ3) is 3.12. The number of hydrogen-bond acceptors (Lipinski definition) is 3. The number of amides is 1. The van der Waals surface area contributed by atoms with E-state index >= 15 is 0 Å². The van der Waals surface area contributed by atoms with Crippen molar-refractivity contribution in [3.05, 3.63) is 35.9 Å². The van der Waals surface area contributed by atoms with Gasteiger partial charge in [0.25, 0.3) is 0 Å². The Hall–Kier alpha value is -1.88. The molecule has 0 aromatic heterocycles. The lowest BCUT2D eigenvalue weighted by atomic mass is 10.00. The molecule has 2 N–H and O–H groups in total. The molecule has 5 heteroatoms. The molecule has 19 heavy (non-hydrogen) atoms. The van der Waals surface area contributed by atoms with E-state index < -0.39 is 12.0 Å². The molecular formula is C14H17NO4. The summed E-state index contributed by atoms with van der Waals surface area (Å²) < 4.78 is 5.33. The molecule has 1 saturated heterocycles. The van der Waals surface area contributed by atoms with Crippen LogP contribution in [0.1, 0.15) is 24.9 Å². The van der Waals surface area contributed by atoms with Crippen LogP contribution in [0, 0.1) is 5.92 Å². The van der Waals surface area contributed by atoms with Crippen LogP contribution in [-0.4, -0.2) is 29.7 Å². The van der Waals surface area contributed by atoms with Gasteiger partial charge in [0, 0.05) is 6.61 Å². The Morgan fingerprint density at radius 2 is 2.05 bits per heavy atom. The summed E-state index contributed by atoms with van der Waals surface area (Å²) in [5.41, 5.74) is 0.565. The van der Waals surface area contributed by atoms with E-state index in [9.17, 15) is 14.7 Å². The monoisotopic (exact) mass is 263 g/mol. The summed E-state index contributed by atoms with van der Waals surface area (Å²) in [5.74, 6) is -1.60. The van der Waals surface area contributed by atoms with Crippen LogP contribution >= 0.6 is 0 Å². The van der Waals surface area contributed by atoms with Gasteiger partial charge in [-0.15, -0.1) is 0 Å². The van der Waals surface area contributed by atoms with Gasteiger partial charge in [-0.3, -0.25) is 4.79 Å². The molecule has 1 aromatic rings. The predicted octanol–water partition coefficient (Wildman–Crippen LogP) is 1.35. The summed E-state index contributed by atoms with van der Waals surface area (Å²) in [5, 5.41) is 11.8. The third-order valence-electron chi connectivity index (χ3n) is 3.38. The minimum Gasteiger partial charge on any atom is -0.479 e. The third-order valence-corrected chi connectivity index (χ3v) is 3.38. The van der Waals surface area contributed by atoms with Crippen LogP contribution in [0.15, 0.2) is 30.3 Å². The zero-order valence-corrected chi connectivity index (χ0v) is 10.7. The molecule has 5 nitrogen and oxygen atoms in total. The smallest absolute Gasteiger partial charge is 0.330 e. The highest BCUT2D eigenvalue weighted by Crippen LogP contribution is 2.22. The number of carboxylic acid groups (broad SMARTS) is 1. The molecule has 2 rings (SSSR count). The first kappa shape index (κ1) is 13.5. The molecule has 2 unspecified atom stereocenters. The number of rotatable bonds is 4. The lowest BCUT2D eigenvalue weighted by Gasteiger charge is -2.19. The van der Waals surface area contributed by atoms with Gasteiger partial charge in [0.1, 0.15) is 0 Å². The van der Waals surface area contributed by atoms with Crippen LogP contribution in [0.25, 0.3) is 0 Å². The molecule has 0 aliphatic carbocycles. The van der Waals surface area contributed by atoms with Crippen molar-refractivity contribution in [1.29, 1.82) is 0 Å². The van der Waals surface area contributed by atoms with Gasteiger partial charge in [-0.05, 0) is 18.9 Å².